The van der Waals surface area contributed by atoms with E-state index in [0.29, 0.717) is 6.42 Å². The number of ether oxygens (including phenoxy) is 1. The Bertz CT molecular complexity index is 575. The molecule has 108 valence electrons. The first kappa shape index (κ1) is 14.5. The molecule has 0 aliphatic carbocycles. The molecular weight excluding hydrogens is 252 g/mol. The first-order valence-corrected chi connectivity index (χ1v) is 6.76. The molecule has 0 saturated heterocycles. The zero-order valence-electron chi connectivity index (χ0n) is 12.5. The fourth-order valence-electron chi connectivity index (χ4n) is 2.24. The summed E-state index contributed by atoms with van der Waals surface area (Å²) in [6.07, 6.45) is 2.20. The molecule has 20 heavy (non-hydrogen) atoms. The molecule has 0 radical (unpaired) electrons. The number of methoxy groups -OCH3 is 1. The summed E-state index contributed by atoms with van der Waals surface area (Å²) in [7, 11) is 1.66. The third-order valence-electron chi connectivity index (χ3n) is 3.39. The van der Waals surface area contributed by atoms with Gasteiger partial charge in [-0.2, -0.15) is 5.10 Å². The molecule has 2 rings (SSSR count). The van der Waals surface area contributed by atoms with Crippen molar-refractivity contribution in [1.82, 2.24) is 14.8 Å². The molecule has 0 saturated carbocycles. The lowest BCUT2D eigenvalue weighted by molar-refractivity contribution is 0.406. The van der Waals surface area contributed by atoms with Gasteiger partial charge in [0.25, 0.3) is 0 Å². The molecule has 2 aromatic rings. The van der Waals surface area contributed by atoms with Crippen molar-refractivity contribution < 1.29 is 4.74 Å². The highest BCUT2D eigenvalue weighted by Gasteiger charge is 2.25. The van der Waals surface area contributed by atoms with E-state index in [1.54, 1.807) is 13.4 Å². The largest absolute Gasteiger partial charge is 0.497 e. The van der Waals surface area contributed by atoms with Crippen molar-refractivity contribution in [3.05, 3.63) is 42.0 Å². The summed E-state index contributed by atoms with van der Waals surface area (Å²) < 4.78 is 7.17. The second kappa shape index (κ2) is 5.63. The van der Waals surface area contributed by atoms with Crippen LogP contribution in [0.5, 0.6) is 5.75 Å². The maximum atomic E-state index is 6.49. The average molecular weight is 274 g/mol. The summed E-state index contributed by atoms with van der Waals surface area (Å²) in [5.74, 6) is 1.71. The number of hydrogen-bond donors (Lipinski definition) is 1. The maximum Gasteiger partial charge on any atom is 0.138 e. The van der Waals surface area contributed by atoms with Gasteiger partial charge in [-0.25, -0.2) is 9.67 Å². The molecule has 0 spiro atoms. The van der Waals surface area contributed by atoms with Crippen LogP contribution in [0, 0.1) is 0 Å². The number of hydrogen-bond acceptors (Lipinski definition) is 4. The summed E-state index contributed by atoms with van der Waals surface area (Å²) in [4.78, 5) is 4.33. The van der Waals surface area contributed by atoms with Crippen LogP contribution in [0.2, 0.25) is 0 Å². The van der Waals surface area contributed by atoms with E-state index < -0.39 is 5.54 Å². The van der Waals surface area contributed by atoms with E-state index in [9.17, 15) is 0 Å². The molecule has 5 nitrogen and oxygen atoms in total. The molecule has 0 bridgehead atoms. The Balaban J connectivity index is 2.28. The van der Waals surface area contributed by atoms with Gasteiger partial charge in [0.2, 0.25) is 0 Å². The molecule has 1 heterocycles. The maximum absolute atomic E-state index is 6.49. The van der Waals surface area contributed by atoms with Crippen molar-refractivity contribution in [2.75, 3.05) is 7.11 Å². The number of rotatable bonds is 5. The van der Waals surface area contributed by atoms with Crippen LogP contribution in [0.25, 0.3) is 0 Å². The second-order valence-electron chi connectivity index (χ2n) is 5.54. The molecule has 1 aromatic heterocycles. The van der Waals surface area contributed by atoms with Gasteiger partial charge < -0.3 is 10.5 Å². The summed E-state index contributed by atoms with van der Waals surface area (Å²) in [6.45, 7) is 6.16. The highest BCUT2D eigenvalue weighted by Crippen LogP contribution is 2.25. The van der Waals surface area contributed by atoms with Crippen LogP contribution in [-0.4, -0.2) is 21.9 Å². The Hall–Kier alpha value is -1.88. The normalized spacial score (nSPS) is 14.3. The molecule has 5 heteroatoms. The summed E-state index contributed by atoms with van der Waals surface area (Å²) in [5, 5.41) is 4.25. The molecular formula is C15H22N4O. The van der Waals surface area contributed by atoms with Crippen molar-refractivity contribution in [2.24, 2.45) is 5.73 Å². The third-order valence-corrected chi connectivity index (χ3v) is 3.39. The summed E-state index contributed by atoms with van der Waals surface area (Å²) >= 11 is 0. The van der Waals surface area contributed by atoms with E-state index in [4.69, 9.17) is 10.5 Å². The lowest BCUT2D eigenvalue weighted by Gasteiger charge is -2.26. The van der Waals surface area contributed by atoms with E-state index in [1.165, 1.54) is 0 Å². The summed E-state index contributed by atoms with van der Waals surface area (Å²) in [5.41, 5.74) is 6.99. The molecule has 0 amide bonds. The quantitative estimate of drug-likeness (QED) is 0.908. The van der Waals surface area contributed by atoms with Crippen molar-refractivity contribution >= 4 is 0 Å². The topological polar surface area (TPSA) is 66.0 Å². The van der Waals surface area contributed by atoms with Gasteiger partial charge in [0.15, 0.2) is 0 Å². The van der Waals surface area contributed by atoms with Gasteiger partial charge in [0.05, 0.1) is 7.11 Å². The highest BCUT2D eigenvalue weighted by molar-refractivity contribution is 5.33. The Morgan fingerprint density at radius 2 is 2.15 bits per heavy atom. The Morgan fingerprint density at radius 1 is 1.40 bits per heavy atom. The smallest absolute Gasteiger partial charge is 0.138 e. The zero-order valence-corrected chi connectivity index (χ0v) is 12.5. The van der Waals surface area contributed by atoms with Crippen LogP contribution in [0.1, 0.15) is 38.2 Å². The first-order valence-electron chi connectivity index (χ1n) is 6.76. The minimum absolute atomic E-state index is 0.272. The van der Waals surface area contributed by atoms with Crippen molar-refractivity contribution in [3.8, 4) is 5.75 Å². The fraction of sp³-hybridized carbons (Fsp3) is 0.467. The second-order valence-corrected chi connectivity index (χ2v) is 5.54. The lowest BCUT2D eigenvalue weighted by atomic mass is 9.89. The van der Waals surface area contributed by atoms with Gasteiger partial charge >= 0.3 is 0 Å². The molecule has 0 aliphatic rings. The van der Waals surface area contributed by atoms with E-state index >= 15 is 0 Å². The molecule has 1 atom stereocenters. The van der Waals surface area contributed by atoms with Crippen molar-refractivity contribution in [2.45, 2.75) is 38.8 Å². The van der Waals surface area contributed by atoms with Gasteiger partial charge in [0, 0.05) is 18.0 Å². The van der Waals surface area contributed by atoms with Crippen LogP contribution in [0.3, 0.4) is 0 Å². The number of nitrogens with two attached hydrogens (primary N) is 1. The number of benzene rings is 1. The minimum Gasteiger partial charge on any atom is -0.497 e. The standard InChI is InChI=1S/C15H22N4O/c1-11(2)19-14(17-10-18-19)9-15(3,16)12-6-5-7-13(8-12)20-4/h5-8,10-11H,9,16H2,1-4H3. The minimum atomic E-state index is -0.520. The average Bonchev–Trinajstić information content (AvgIpc) is 2.86. The van der Waals surface area contributed by atoms with Crippen LogP contribution in [0.4, 0.5) is 0 Å². The number of aromatic nitrogens is 3. The first-order chi connectivity index (χ1) is 9.44. The van der Waals surface area contributed by atoms with E-state index in [2.05, 4.69) is 23.9 Å². The predicted octanol–water partition coefficient (Wildman–Crippen LogP) is 2.28. The Kier molecular flexibility index (Phi) is 4.09. The lowest BCUT2D eigenvalue weighted by Crippen LogP contribution is -2.36. The predicted molar refractivity (Wildman–Crippen MR) is 78.6 cm³/mol. The number of nitrogens with zero attached hydrogens (tertiary/aromatic N) is 3. The van der Waals surface area contributed by atoms with Crippen LogP contribution < -0.4 is 10.5 Å². The summed E-state index contributed by atoms with van der Waals surface area (Å²) in [6, 6.07) is 8.12. The van der Waals surface area contributed by atoms with E-state index in [1.807, 2.05) is 35.9 Å². The monoisotopic (exact) mass is 274 g/mol. The van der Waals surface area contributed by atoms with Gasteiger partial charge in [-0.1, -0.05) is 12.1 Å². The molecule has 2 N–H and O–H groups in total. The molecule has 0 aliphatic heterocycles. The van der Waals surface area contributed by atoms with E-state index in [-0.39, 0.29) is 6.04 Å². The van der Waals surface area contributed by atoms with Crippen molar-refractivity contribution in [1.29, 1.82) is 0 Å². The van der Waals surface area contributed by atoms with Crippen LogP contribution in [0.15, 0.2) is 30.6 Å². The Morgan fingerprint density at radius 3 is 2.80 bits per heavy atom. The molecule has 0 fully saturated rings. The van der Waals surface area contributed by atoms with Gasteiger partial charge in [0.1, 0.15) is 17.9 Å². The van der Waals surface area contributed by atoms with Crippen LogP contribution in [-0.2, 0) is 12.0 Å². The molecule has 1 aromatic carbocycles. The highest BCUT2D eigenvalue weighted by atomic mass is 16.5. The van der Waals surface area contributed by atoms with Crippen LogP contribution >= 0.6 is 0 Å². The fourth-order valence-corrected chi connectivity index (χ4v) is 2.24. The molecule has 1 unspecified atom stereocenters. The zero-order chi connectivity index (χ0) is 14.8. The SMILES string of the molecule is COc1cccc(C(C)(N)Cc2ncnn2C(C)C)c1. The van der Waals surface area contributed by atoms with Gasteiger partial charge in [-0.15, -0.1) is 0 Å². The Labute approximate surface area is 119 Å². The van der Waals surface area contributed by atoms with E-state index in [0.717, 1.165) is 17.1 Å². The van der Waals surface area contributed by atoms with Crippen molar-refractivity contribution in [3.63, 3.8) is 0 Å². The van der Waals surface area contributed by atoms with Gasteiger partial charge in [-0.3, -0.25) is 0 Å². The third kappa shape index (κ3) is 2.99. The van der Waals surface area contributed by atoms with Gasteiger partial charge in [-0.05, 0) is 38.5 Å².